The van der Waals surface area contributed by atoms with Crippen molar-refractivity contribution in [2.45, 2.75) is 12.8 Å². The Morgan fingerprint density at radius 3 is 2.50 bits per heavy atom. The minimum absolute atomic E-state index is 0.145. The molecule has 1 aromatic carbocycles. The van der Waals surface area contributed by atoms with E-state index in [1.54, 1.807) is 28.9 Å². The number of nitrogens with two attached hydrogens (primary N) is 1. The molecule has 2 heterocycles. The molecule has 0 unspecified atom stereocenters. The van der Waals surface area contributed by atoms with E-state index in [1.807, 2.05) is 0 Å². The van der Waals surface area contributed by atoms with Gasteiger partial charge in [-0.1, -0.05) is 0 Å². The number of hydrogen-bond acceptors (Lipinski definition) is 3. The highest BCUT2D eigenvalue weighted by atomic mass is 19.4. The maximum absolute atomic E-state index is 12.5. The third kappa shape index (κ3) is 2.83. The van der Waals surface area contributed by atoms with Crippen LogP contribution in [0.25, 0.3) is 5.65 Å². The second-order valence-electron chi connectivity index (χ2n) is 4.74. The minimum Gasteiger partial charge on any atom is -0.487 e. The molecule has 0 amide bonds. The van der Waals surface area contributed by atoms with Crippen LogP contribution in [-0.4, -0.2) is 9.38 Å². The van der Waals surface area contributed by atoms with E-state index in [0.717, 1.165) is 12.1 Å². The highest BCUT2D eigenvalue weighted by Crippen LogP contribution is 2.30. The summed E-state index contributed by atoms with van der Waals surface area (Å²) in [5.41, 5.74) is 6.90. The molecule has 4 nitrogen and oxygen atoms in total. The van der Waals surface area contributed by atoms with Crippen molar-refractivity contribution in [3.8, 4) is 5.75 Å². The maximum atomic E-state index is 12.5. The Kier molecular flexibility index (Phi) is 3.40. The zero-order valence-electron chi connectivity index (χ0n) is 11.3. The lowest BCUT2D eigenvalue weighted by molar-refractivity contribution is -0.137. The lowest BCUT2D eigenvalue weighted by atomic mass is 10.2. The number of halogens is 3. The number of rotatable bonds is 3. The first-order valence-corrected chi connectivity index (χ1v) is 6.45. The van der Waals surface area contributed by atoms with Gasteiger partial charge in [0, 0.05) is 12.4 Å². The molecule has 3 rings (SSSR count). The summed E-state index contributed by atoms with van der Waals surface area (Å²) in [6, 6.07) is 8.07. The molecule has 3 aromatic rings. The van der Waals surface area contributed by atoms with Gasteiger partial charge >= 0.3 is 6.18 Å². The van der Waals surface area contributed by atoms with E-state index in [9.17, 15) is 13.2 Å². The summed E-state index contributed by atoms with van der Waals surface area (Å²) >= 11 is 0. The van der Waals surface area contributed by atoms with Crippen LogP contribution >= 0.6 is 0 Å². The first-order chi connectivity index (χ1) is 10.4. The predicted molar refractivity (Wildman–Crippen MR) is 75.4 cm³/mol. The summed E-state index contributed by atoms with van der Waals surface area (Å²) in [7, 11) is 0. The van der Waals surface area contributed by atoms with Gasteiger partial charge in [-0.15, -0.1) is 0 Å². The Bertz CT molecular complexity index is 794. The van der Waals surface area contributed by atoms with Gasteiger partial charge in [0.25, 0.3) is 0 Å². The fraction of sp³-hybridized carbons (Fsp3) is 0.133. The molecule has 0 aliphatic carbocycles. The van der Waals surface area contributed by atoms with Crippen LogP contribution in [-0.2, 0) is 12.8 Å². The Morgan fingerprint density at radius 2 is 1.86 bits per heavy atom. The molecule has 22 heavy (non-hydrogen) atoms. The van der Waals surface area contributed by atoms with Crippen molar-refractivity contribution in [3.63, 3.8) is 0 Å². The zero-order chi connectivity index (χ0) is 15.7. The van der Waals surface area contributed by atoms with Crippen LogP contribution in [0.15, 0.2) is 48.8 Å². The first kappa shape index (κ1) is 14.2. The van der Waals surface area contributed by atoms with Crippen molar-refractivity contribution in [2.75, 3.05) is 5.73 Å². The number of imidazole rings is 1. The number of nitrogen functional groups attached to an aromatic ring is 1. The van der Waals surface area contributed by atoms with E-state index in [0.29, 0.717) is 22.8 Å². The molecule has 2 aromatic heterocycles. The Morgan fingerprint density at radius 1 is 1.14 bits per heavy atom. The van der Waals surface area contributed by atoms with E-state index in [1.165, 1.54) is 12.1 Å². The molecule has 7 heteroatoms. The summed E-state index contributed by atoms with van der Waals surface area (Å²) in [6.07, 6.45) is -0.784. The standard InChI is InChI=1S/C15H12F3N3O/c16-15(17,18)10-3-5-12(6-4-10)22-9-11-8-21-7-1-2-13(19)14(21)20-11/h1-8H,9,19H2. The minimum atomic E-state index is -4.35. The number of nitrogens with zero attached hydrogens (tertiary/aromatic N) is 2. The van der Waals surface area contributed by atoms with E-state index in [4.69, 9.17) is 10.5 Å². The SMILES string of the molecule is Nc1cccn2cc(COc3ccc(C(F)(F)F)cc3)nc12. The fourth-order valence-corrected chi connectivity index (χ4v) is 2.05. The van der Waals surface area contributed by atoms with Crippen molar-refractivity contribution >= 4 is 11.3 Å². The second kappa shape index (κ2) is 5.25. The van der Waals surface area contributed by atoms with E-state index >= 15 is 0 Å². The summed E-state index contributed by atoms with van der Waals surface area (Å²) in [4.78, 5) is 4.32. The highest BCUT2D eigenvalue weighted by Gasteiger charge is 2.30. The largest absolute Gasteiger partial charge is 0.487 e. The summed E-state index contributed by atoms with van der Waals surface area (Å²) < 4.78 is 44.6. The van der Waals surface area contributed by atoms with Crippen LogP contribution in [0, 0.1) is 0 Å². The molecule has 0 radical (unpaired) electrons. The zero-order valence-corrected chi connectivity index (χ0v) is 11.3. The molecule has 0 atom stereocenters. The number of fused-ring (bicyclic) bond motifs is 1. The molecule has 0 aliphatic heterocycles. The number of anilines is 1. The topological polar surface area (TPSA) is 52.5 Å². The lowest BCUT2D eigenvalue weighted by Crippen LogP contribution is -2.04. The van der Waals surface area contributed by atoms with Crippen LogP contribution in [0.3, 0.4) is 0 Å². The van der Waals surface area contributed by atoms with Crippen LogP contribution in [0.2, 0.25) is 0 Å². The highest BCUT2D eigenvalue weighted by molar-refractivity contribution is 5.64. The Labute approximate surface area is 124 Å². The van der Waals surface area contributed by atoms with E-state index < -0.39 is 11.7 Å². The summed E-state index contributed by atoms with van der Waals surface area (Å²) in [6.45, 7) is 0.145. The van der Waals surface area contributed by atoms with Crippen molar-refractivity contribution in [2.24, 2.45) is 0 Å². The molecule has 0 saturated heterocycles. The van der Waals surface area contributed by atoms with Crippen molar-refractivity contribution < 1.29 is 17.9 Å². The smallest absolute Gasteiger partial charge is 0.416 e. The molecular weight excluding hydrogens is 295 g/mol. The fourth-order valence-electron chi connectivity index (χ4n) is 2.05. The third-order valence-corrected chi connectivity index (χ3v) is 3.13. The van der Waals surface area contributed by atoms with Crippen LogP contribution < -0.4 is 10.5 Å². The van der Waals surface area contributed by atoms with Crippen molar-refractivity contribution in [3.05, 3.63) is 60.0 Å². The van der Waals surface area contributed by atoms with Gasteiger partial charge in [-0.05, 0) is 36.4 Å². The van der Waals surface area contributed by atoms with Crippen LogP contribution in [0.5, 0.6) is 5.75 Å². The number of benzene rings is 1. The molecule has 0 aliphatic rings. The third-order valence-electron chi connectivity index (χ3n) is 3.13. The number of hydrogen-bond donors (Lipinski definition) is 1. The van der Waals surface area contributed by atoms with Gasteiger partial charge in [0.1, 0.15) is 12.4 Å². The monoisotopic (exact) mass is 307 g/mol. The predicted octanol–water partition coefficient (Wildman–Crippen LogP) is 3.51. The molecular formula is C15H12F3N3O. The van der Waals surface area contributed by atoms with E-state index in [-0.39, 0.29) is 6.61 Å². The molecule has 2 N–H and O–H groups in total. The molecule has 0 bridgehead atoms. The van der Waals surface area contributed by atoms with Gasteiger partial charge in [0.15, 0.2) is 5.65 Å². The normalized spacial score (nSPS) is 11.8. The molecule has 0 saturated carbocycles. The van der Waals surface area contributed by atoms with Gasteiger partial charge in [-0.2, -0.15) is 13.2 Å². The summed E-state index contributed by atoms with van der Waals surface area (Å²) in [5.74, 6) is 0.345. The van der Waals surface area contributed by atoms with Crippen LogP contribution in [0.4, 0.5) is 18.9 Å². The van der Waals surface area contributed by atoms with Gasteiger partial charge in [-0.25, -0.2) is 4.98 Å². The number of ether oxygens (including phenoxy) is 1. The number of pyridine rings is 1. The number of aromatic nitrogens is 2. The molecule has 0 fully saturated rings. The van der Waals surface area contributed by atoms with Crippen molar-refractivity contribution in [1.29, 1.82) is 0 Å². The van der Waals surface area contributed by atoms with Gasteiger partial charge in [0.05, 0.1) is 16.9 Å². The van der Waals surface area contributed by atoms with Crippen molar-refractivity contribution in [1.82, 2.24) is 9.38 Å². The van der Waals surface area contributed by atoms with Gasteiger partial charge in [0.2, 0.25) is 0 Å². The maximum Gasteiger partial charge on any atom is 0.416 e. The average Bonchev–Trinajstić information content (AvgIpc) is 2.89. The first-order valence-electron chi connectivity index (χ1n) is 6.45. The van der Waals surface area contributed by atoms with Gasteiger partial charge in [-0.3, -0.25) is 0 Å². The Hall–Kier alpha value is -2.70. The molecule has 114 valence electrons. The van der Waals surface area contributed by atoms with E-state index in [2.05, 4.69) is 4.98 Å². The lowest BCUT2D eigenvalue weighted by Gasteiger charge is -2.08. The average molecular weight is 307 g/mol. The quantitative estimate of drug-likeness (QED) is 0.805. The Balaban J connectivity index is 1.72. The second-order valence-corrected chi connectivity index (χ2v) is 4.74. The van der Waals surface area contributed by atoms with Crippen LogP contribution in [0.1, 0.15) is 11.3 Å². The number of alkyl halides is 3. The summed E-state index contributed by atoms with van der Waals surface area (Å²) in [5, 5.41) is 0. The molecule has 0 spiro atoms. The van der Waals surface area contributed by atoms with Gasteiger partial charge < -0.3 is 14.9 Å².